The van der Waals surface area contributed by atoms with Crippen molar-refractivity contribution in [3.05, 3.63) is 71.8 Å². The van der Waals surface area contributed by atoms with Gasteiger partial charge in [0.25, 0.3) is 0 Å². The molecule has 0 aromatic heterocycles. The third-order valence-corrected chi connectivity index (χ3v) is 3.37. The number of nitrogens with one attached hydrogen (secondary N) is 1. The average Bonchev–Trinajstić information content (AvgIpc) is 2.46. The molecule has 98 valence electrons. The van der Waals surface area contributed by atoms with E-state index in [0.29, 0.717) is 6.42 Å². The molecule has 0 spiro atoms. The lowest BCUT2D eigenvalue weighted by Crippen LogP contribution is -2.49. The highest BCUT2D eigenvalue weighted by Crippen LogP contribution is 2.26. The van der Waals surface area contributed by atoms with Crippen LogP contribution in [0.3, 0.4) is 0 Å². The maximum Gasteiger partial charge on any atom is 0.328 e. The van der Waals surface area contributed by atoms with Crippen molar-refractivity contribution in [2.24, 2.45) is 0 Å². The molecule has 0 saturated carbocycles. The van der Waals surface area contributed by atoms with Gasteiger partial charge in [-0.3, -0.25) is 0 Å². The van der Waals surface area contributed by atoms with Gasteiger partial charge >= 0.3 is 5.97 Å². The number of aliphatic carboxylic acids is 1. The third-order valence-electron chi connectivity index (χ3n) is 3.37. The van der Waals surface area contributed by atoms with Crippen molar-refractivity contribution in [3.63, 3.8) is 0 Å². The van der Waals surface area contributed by atoms with Crippen molar-refractivity contribution >= 4 is 5.97 Å². The monoisotopic (exact) mass is 255 g/mol. The van der Waals surface area contributed by atoms with Crippen LogP contribution < -0.4 is 5.32 Å². The van der Waals surface area contributed by atoms with E-state index in [9.17, 15) is 9.90 Å². The zero-order valence-corrected chi connectivity index (χ0v) is 10.8. The average molecular weight is 255 g/mol. The van der Waals surface area contributed by atoms with Gasteiger partial charge in [-0.2, -0.15) is 0 Å². The van der Waals surface area contributed by atoms with Gasteiger partial charge in [-0.25, -0.2) is 4.79 Å². The summed E-state index contributed by atoms with van der Waals surface area (Å²) in [6, 6.07) is 18.9. The smallest absolute Gasteiger partial charge is 0.328 e. The molecular weight excluding hydrogens is 238 g/mol. The van der Waals surface area contributed by atoms with E-state index in [1.807, 2.05) is 60.7 Å². The molecule has 0 aliphatic carbocycles. The first-order valence-electron chi connectivity index (χ1n) is 6.21. The Balaban J connectivity index is 2.44. The summed E-state index contributed by atoms with van der Waals surface area (Å²) in [5.74, 6) is -0.870. The SMILES string of the molecule is CNC(Cc1ccccc1)(C(=O)O)c1ccccc1. The summed E-state index contributed by atoms with van der Waals surface area (Å²) >= 11 is 0. The molecule has 2 aromatic carbocycles. The zero-order valence-electron chi connectivity index (χ0n) is 10.8. The molecule has 0 aliphatic rings. The fraction of sp³-hybridized carbons (Fsp3) is 0.188. The largest absolute Gasteiger partial charge is 0.480 e. The Labute approximate surface area is 112 Å². The van der Waals surface area contributed by atoms with Gasteiger partial charge in [-0.15, -0.1) is 0 Å². The summed E-state index contributed by atoms with van der Waals surface area (Å²) in [7, 11) is 1.68. The Hall–Kier alpha value is -2.13. The molecular formula is C16H17NO2. The van der Waals surface area contributed by atoms with Crippen molar-refractivity contribution in [2.75, 3.05) is 7.05 Å². The Morgan fingerprint density at radius 3 is 2.05 bits per heavy atom. The van der Waals surface area contributed by atoms with Crippen molar-refractivity contribution < 1.29 is 9.90 Å². The topological polar surface area (TPSA) is 49.3 Å². The van der Waals surface area contributed by atoms with Crippen molar-refractivity contribution in [1.82, 2.24) is 5.32 Å². The highest BCUT2D eigenvalue weighted by Gasteiger charge is 2.38. The molecule has 2 rings (SSSR count). The van der Waals surface area contributed by atoms with Gasteiger partial charge < -0.3 is 10.4 Å². The zero-order chi connectivity index (χ0) is 13.7. The van der Waals surface area contributed by atoms with Crippen molar-refractivity contribution in [3.8, 4) is 0 Å². The summed E-state index contributed by atoms with van der Waals surface area (Å²) in [5.41, 5.74) is 0.653. The molecule has 0 aliphatic heterocycles. The first kappa shape index (κ1) is 13.3. The number of hydrogen-bond donors (Lipinski definition) is 2. The van der Waals surface area contributed by atoms with E-state index in [0.717, 1.165) is 11.1 Å². The molecule has 0 radical (unpaired) electrons. The van der Waals surface area contributed by atoms with Gasteiger partial charge in [0, 0.05) is 6.42 Å². The molecule has 3 heteroatoms. The minimum Gasteiger partial charge on any atom is -0.480 e. The predicted molar refractivity (Wildman–Crippen MR) is 75.0 cm³/mol. The quantitative estimate of drug-likeness (QED) is 0.862. The predicted octanol–water partition coefficient (Wildman–Crippen LogP) is 2.43. The molecule has 0 fully saturated rings. The van der Waals surface area contributed by atoms with Gasteiger partial charge in [0.1, 0.15) is 5.54 Å². The van der Waals surface area contributed by atoms with Crippen molar-refractivity contribution in [2.45, 2.75) is 12.0 Å². The van der Waals surface area contributed by atoms with Gasteiger partial charge in [0.2, 0.25) is 0 Å². The third kappa shape index (κ3) is 2.66. The number of rotatable bonds is 5. The van der Waals surface area contributed by atoms with Crippen LogP contribution in [0.2, 0.25) is 0 Å². The van der Waals surface area contributed by atoms with Crippen LogP contribution in [0.1, 0.15) is 11.1 Å². The molecule has 2 aromatic rings. The fourth-order valence-corrected chi connectivity index (χ4v) is 2.27. The van der Waals surface area contributed by atoms with E-state index in [2.05, 4.69) is 5.32 Å². The number of carboxylic acid groups (broad SMARTS) is 1. The normalized spacial score (nSPS) is 13.7. The number of hydrogen-bond acceptors (Lipinski definition) is 2. The van der Waals surface area contributed by atoms with Gasteiger partial charge in [0.15, 0.2) is 0 Å². The number of likely N-dealkylation sites (N-methyl/N-ethyl adjacent to an activating group) is 1. The number of carboxylic acids is 1. The lowest BCUT2D eigenvalue weighted by Gasteiger charge is -2.29. The van der Waals surface area contributed by atoms with E-state index in [1.54, 1.807) is 7.05 Å². The Kier molecular flexibility index (Phi) is 3.97. The highest BCUT2D eigenvalue weighted by molar-refractivity contribution is 5.81. The molecule has 0 heterocycles. The summed E-state index contributed by atoms with van der Waals surface area (Å²) < 4.78 is 0. The first-order chi connectivity index (χ1) is 9.19. The van der Waals surface area contributed by atoms with Crippen LogP contribution in [-0.4, -0.2) is 18.1 Å². The van der Waals surface area contributed by atoms with Crippen LogP contribution in [0.4, 0.5) is 0 Å². The summed E-state index contributed by atoms with van der Waals surface area (Å²) in [6.07, 6.45) is 0.406. The molecule has 0 saturated heterocycles. The van der Waals surface area contributed by atoms with Crippen LogP contribution in [0.25, 0.3) is 0 Å². The van der Waals surface area contributed by atoms with E-state index in [4.69, 9.17) is 0 Å². The summed E-state index contributed by atoms with van der Waals surface area (Å²) in [4.78, 5) is 11.8. The molecule has 2 N–H and O–H groups in total. The summed E-state index contributed by atoms with van der Waals surface area (Å²) in [5, 5.41) is 12.7. The van der Waals surface area contributed by atoms with Gasteiger partial charge in [-0.1, -0.05) is 60.7 Å². The first-order valence-corrected chi connectivity index (χ1v) is 6.21. The number of carbonyl (C=O) groups is 1. The lowest BCUT2D eigenvalue weighted by atomic mass is 9.84. The van der Waals surface area contributed by atoms with Gasteiger partial charge in [0.05, 0.1) is 0 Å². The molecule has 0 amide bonds. The van der Waals surface area contributed by atoms with Crippen LogP contribution in [0, 0.1) is 0 Å². The van der Waals surface area contributed by atoms with E-state index >= 15 is 0 Å². The van der Waals surface area contributed by atoms with Crippen LogP contribution in [0.15, 0.2) is 60.7 Å². The molecule has 0 bridgehead atoms. The Bertz CT molecular complexity index is 539. The Morgan fingerprint density at radius 2 is 1.58 bits per heavy atom. The molecule has 3 nitrogen and oxygen atoms in total. The maximum absolute atomic E-state index is 11.8. The molecule has 19 heavy (non-hydrogen) atoms. The van der Waals surface area contributed by atoms with Crippen LogP contribution in [0.5, 0.6) is 0 Å². The van der Waals surface area contributed by atoms with E-state index in [1.165, 1.54) is 0 Å². The molecule has 1 unspecified atom stereocenters. The van der Waals surface area contributed by atoms with Crippen LogP contribution >= 0.6 is 0 Å². The number of benzene rings is 2. The van der Waals surface area contributed by atoms with Gasteiger partial charge in [-0.05, 0) is 18.2 Å². The second-order valence-electron chi connectivity index (χ2n) is 4.49. The Morgan fingerprint density at radius 1 is 1.05 bits per heavy atom. The van der Waals surface area contributed by atoms with Crippen LogP contribution in [-0.2, 0) is 16.8 Å². The minimum atomic E-state index is -1.09. The standard InChI is InChI=1S/C16H17NO2/c1-17-16(15(18)19,14-10-6-3-7-11-14)12-13-8-4-2-5-9-13/h2-11,17H,12H2,1H3,(H,18,19). The molecule has 1 atom stereocenters. The minimum absolute atomic E-state index is 0.406. The van der Waals surface area contributed by atoms with Crippen molar-refractivity contribution in [1.29, 1.82) is 0 Å². The lowest BCUT2D eigenvalue weighted by molar-refractivity contribution is -0.145. The maximum atomic E-state index is 11.8. The fourth-order valence-electron chi connectivity index (χ4n) is 2.27. The van der Waals surface area contributed by atoms with E-state index < -0.39 is 11.5 Å². The highest BCUT2D eigenvalue weighted by atomic mass is 16.4. The second-order valence-corrected chi connectivity index (χ2v) is 4.49. The van der Waals surface area contributed by atoms with E-state index in [-0.39, 0.29) is 0 Å². The second kappa shape index (κ2) is 5.67. The summed E-state index contributed by atoms with van der Waals surface area (Å²) in [6.45, 7) is 0.